The number of rotatable bonds is 3. The SMILES string of the molecule is COS(=O)(=O)Cc1cccnc1C#N. The first kappa shape index (κ1) is 10.6. The summed E-state index contributed by atoms with van der Waals surface area (Å²) in [5.74, 6) is -0.333. The average molecular weight is 212 g/mol. The van der Waals surface area contributed by atoms with Crippen LogP contribution in [-0.4, -0.2) is 20.5 Å². The Morgan fingerprint density at radius 3 is 2.93 bits per heavy atom. The number of hydrogen-bond acceptors (Lipinski definition) is 5. The van der Waals surface area contributed by atoms with Gasteiger partial charge >= 0.3 is 0 Å². The second kappa shape index (κ2) is 4.17. The molecule has 14 heavy (non-hydrogen) atoms. The summed E-state index contributed by atoms with van der Waals surface area (Å²) in [4.78, 5) is 3.73. The summed E-state index contributed by atoms with van der Waals surface area (Å²) in [6.45, 7) is 0. The van der Waals surface area contributed by atoms with E-state index < -0.39 is 10.1 Å². The fraction of sp³-hybridized carbons (Fsp3) is 0.250. The van der Waals surface area contributed by atoms with E-state index in [1.165, 1.54) is 12.3 Å². The number of pyridine rings is 1. The molecule has 0 aromatic carbocycles. The lowest BCUT2D eigenvalue weighted by Gasteiger charge is -2.02. The van der Waals surface area contributed by atoms with Gasteiger partial charge in [-0.1, -0.05) is 6.07 Å². The van der Waals surface area contributed by atoms with Gasteiger partial charge in [0.1, 0.15) is 17.5 Å². The van der Waals surface area contributed by atoms with Crippen molar-refractivity contribution in [2.24, 2.45) is 0 Å². The van der Waals surface area contributed by atoms with Crippen LogP contribution in [0.2, 0.25) is 0 Å². The molecule has 74 valence electrons. The van der Waals surface area contributed by atoms with Gasteiger partial charge < -0.3 is 0 Å². The zero-order chi connectivity index (χ0) is 10.6. The quantitative estimate of drug-likeness (QED) is 0.679. The van der Waals surface area contributed by atoms with Crippen LogP contribution in [0.5, 0.6) is 0 Å². The molecule has 0 amide bonds. The number of hydrogen-bond donors (Lipinski definition) is 0. The molecule has 0 saturated carbocycles. The van der Waals surface area contributed by atoms with Gasteiger partial charge in [-0.2, -0.15) is 13.7 Å². The van der Waals surface area contributed by atoms with Gasteiger partial charge in [0, 0.05) is 11.8 Å². The summed E-state index contributed by atoms with van der Waals surface area (Å²) in [5.41, 5.74) is 0.449. The van der Waals surface area contributed by atoms with Gasteiger partial charge in [0.05, 0.1) is 7.11 Å². The van der Waals surface area contributed by atoms with E-state index in [4.69, 9.17) is 5.26 Å². The average Bonchev–Trinajstić information content (AvgIpc) is 2.18. The molecule has 0 aliphatic carbocycles. The molecule has 0 spiro atoms. The van der Waals surface area contributed by atoms with Gasteiger partial charge in [0.2, 0.25) is 0 Å². The van der Waals surface area contributed by atoms with E-state index in [0.29, 0.717) is 5.56 Å². The highest BCUT2D eigenvalue weighted by Crippen LogP contribution is 2.09. The third-order valence-corrected chi connectivity index (χ3v) is 2.76. The van der Waals surface area contributed by atoms with Crippen LogP contribution in [-0.2, 0) is 20.1 Å². The standard InChI is InChI=1S/C8H8N2O3S/c1-13-14(11,12)6-7-3-2-4-10-8(7)5-9/h2-4H,6H2,1H3. The van der Waals surface area contributed by atoms with Crippen molar-refractivity contribution in [3.05, 3.63) is 29.6 Å². The monoisotopic (exact) mass is 212 g/mol. The van der Waals surface area contributed by atoms with Crippen molar-refractivity contribution >= 4 is 10.1 Å². The Labute approximate surface area is 82.1 Å². The molecule has 1 rings (SSSR count). The van der Waals surface area contributed by atoms with Gasteiger partial charge in [-0.25, -0.2) is 4.98 Å². The molecule has 6 heteroatoms. The summed E-state index contributed by atoms with van der Waals surface area (Å²) in [5, 5.41) is 8.64. The van der Waals surface area contributed by atoms with Crippen LogP contribution in [0.1, 0.15) is 11.3 Å². The number of nitriles is 1. The van der Waals surface area contributed by atoms with E-state index in [1.807, 2.05) is 6.07 Å². The first-order valence-corrected chi connectivity index (χ1v) is 5.29. The third-order valence-electron chi connectivity index (χ3n) is 1.58. The van der Waals surface area contributed by atoms with Crippen LogP contribution >= 0.6 is 0 Å². The van der Waals surface area contributed by atoms with E-state index in [-0.39, 0.29) is 11.4 Å². The second-order valence-electron chi connectivity index (χ2n) is 2.49. The predicted octanol–water partition coefficient (Wildman–Crippen LogP) is 0.429. The Bertz CT molecular complexity index is 462. The second-order valence-corrected chi connectivity index (χ2v) is 4.23. The van der Waals surface area contributed by atoms with Crippen molar-refractivity contribution in [1.29, 1.82) is 5.26 Å². The van der Waals surface area contributed by atoms with Gasteiger partial charge in [-0.05, 0) is 6.07 Å². The maximum absolute atomic E-state index is 11.1. The summed E-state index contributed by atoms with van der Waals surface area (Å²) >= 11 is 0. The third kappa shape index (κ3) is 2.52. The Kier molecular flexibility index (Phi) is 3.17. The zero-order valence-corrected chi connectivity index (χ0v) is 8.28. The summed E-state index contributed by atoms with van der Waals surface area (Å²) in [6.07, 6.45) is 1.43. The van der Waals surface area contributed by atoms with Crippen LogP contribution in [0.15, 0.2) is 18.3 Å². The van der Waals surface area contributed by atoms with Crippen molar-refractivity contribution in [2.75, 3.05) is 7.11 Å². The maximum atomic E-state index is 11.1. The van der Waals surface area contributed by atoms with Crippen molar-refractivity contribution in [1.82, 2.24) is 4.98 Å². The van der Waals surface area contributed by atoms with Gasteiger partial charge in [0.15, 0.2) is 0 Å². The molecule has 0 radical (unpaired) electrons. The van der Waals surface area contributed by atoms with Crippen molar-refractivity contribution < 1.29 is 12.6 Å². The Morgan fingerprint density at radius 1 is 1.64 bits per heavy atom. The molecule has 0 saturated heterocycles. The highest BCUT2D eigenvalue weighted by Gasteiger charge is 2.13. The Morgan fingerprint density at radius 2 is 2.36 bits per heavy atom. The lowest BCUT2D eigenvalue weighted by molar-refractivity contribution is 0.397. The van der Waals surface area contributed by atoms with E-state index >= 15 is 0 Å². The maximum Gasteiger partial charge on any atom is 0.271 e. The number of nitrogens with zero attached hydrogens (tertiary/aromatic N) is 2. The van der Waals surface area contributed by atoms with Gasteiger partial charge in [-0.3, -0.25) is 4.18 Å². The summed E-state index contributed by atoms with van der Waals surface area (Å²) in [7, 11) is -2.52. The lowest BCUT2D eigenvalue weighted by atomic mass is 10.2. The molecule has 5 nitrogen and oxygen atoms in total. The lowest BCUT2D eigenvalue weighted by Crippen LogP contribution is -2.07. The van der Waals surface area contributed by atoms with E-state index in [2.05, 4.69) is 9.17 Å². The summed E-state index contributed by atoms with van der Waals surface area (Å²) < 4.78 is 26.4. The molecule has 1 aromatic heterocycles. The van der Waals surface area contributed by atoms with Crippen LogP contribution < -0.4 is 0 Å². The smallest absolute Gasteiger partial charge is 0.271 e. The van der Waals surface area contributed by atoms with Gasteiger partial charge in [0.25, 0.3) is 10.1 Å². The number of aromatic nitrogens is 1. The Hall–Kier alpha value is -1.45. The van der Waals surface area contributed by atoms with E-state index in [0.717, 1.165) is 7.11 Å². The minimum absolute atomic E-state index is 0.105. The minimum Gasteiger partial charge on any atom is -0.273 e. The zero-order valence-electron chi connectivity index (χ0n) is 7.47. The van der Waals surface area contributed by atoms with E-state index in [9.17, 15) is 8.42 Å². The predicted molar refractivity (Wildman–Crippen MR) is 48.6 cm³/mol. The highest BCUT2D eigenvalue weighted by atomic mass is 32.2. The van der Waals surface area contributed by atoms with Gasteiger partial charge in [-0.15, -0.1) is 0 Å². The van der Waals surface area contributed by atoms with Crippen LogP contribution in [0.25, 0.3) is 0 Å². The van der Waals surface area contributed by atoms with Crippen molar-refractivity contribution in [2.45, 2.75) is 5.75 Å². The molecule has 0 bridgehead atoms. The molecule has 0 unspecified atom stereocenters. The van der Waals surface area contributed by atoms with Crippen LogP contribution in [0.4, 0.5) is 0 Å². The highest BCUT2D eigenvalue weighted by molar-refractivity contribution is 7.85. The molecule has 0 aliphatic heterocycles. The Balaban J connectivity index is 3.05. The van der Waals surface area contributed by atoms with Crippen LogP contribution in [0.3, 0.4) is 0 Å². The van der Waals surface area contributed by atoms with Crippen LogP contribution in [0, 0.1) is 11.3 Å². The first-order valence-electron chi connectivity index (χ1n) is 3.71. The summed E-state index contributed by atoms with van der Waals surface area (Å²) in [6, 6.07) is 4.91. The molecule has 1 aromatic rings. The van der Waals surface area contributed by atoms with Crippen molar-refractivity contribution in [3.8, 4) is 6.07 Å². The topological polar surface area (TPSA) is 80.1 Å². The molecule has 0 fully saturated rings. The molecular weight excluding hydrogens is 204 g/mol. The fourth-order valence-electron chi connectivity index (χ4n) is 0.905. The molecule has 0 N–H and O–H groups in total. The molecule has 1 heterocycles. The first-order chi connectivity index (χ1) is 6.59. The van der Waals surface area contributed by atoms with Crippen molar-refractivity contribution in [3.63, 3.8) is 0 Å². The molecular formula is C8H8N2O3S. The fourth-order valence-corrected chi connectivity index (χ4v) is 1.64. The normalized spacial score (nSPS) is 10.9. The minimum atomic E-state index is -3.60. The molecule has 0 atom stereocenters. The molecule has 0 aliphatic rings. The largest absolute Gasteiger partial charge is 0.273 e. The van der Waals surface area contributed by atoms with E-state index in [1.54, 1.807) is 6.07 Å².